The van der Waals surface area contributed by atoms with E-state index in [9.17, 15) is 9.90 Å². The molecular formula is C13H10IN3O2. The first-order valence-corrected chi connectivity index (χ1v) is 6.46. The smallest absolute Gasteiger partial charge is 0.272 e. The molecule has 1 heterocycles. The van der Waals surface area contributed by atoms with Gasteiger partial charge in [0.25, 0.3) is 5.91 Å². The van der Waals surface area contributed by atoms with Gasteiger partial charge in [0.15, 0.2) is 0 Å². The molecule has 0 aliphatic carbocycles. The molecule has 1 aromatic carbocycles. The SMILES string of the molecule is O=C(NN=Cc1cc(I)ccc1O)c1cccnc1. The number of hydrazone groups is 1. The van der Waals surface area contributed by atoms with Crippen LogP contribution in [0.3, 0.4) is 0 Å². The molecule has 0 saturated heterocycles. The van der Waals surface area contributed by atoms with Crippen LogP contribution in [0, 0.1) is 3.57 Å². The van der Waals surface area contributed by atoms with Crippen molar-refractivity contribution in [3.8, 4) is 5.75 Å². The number of halogens is 1. The highest BCUT2D eigenvalue weighted by molar-refractivity contribution is 14.1. The van der Waals surface area contributed by atoms with Gasteiger partial charge in [0.2, 0.25) is 0 Å². The number of rotatable bonds is 3. The molecule has 0 fully saturated rings. The van der Waals surface area contributed by atoms with Crippen molar-refractivity contribution in [3.05, 3.63) is 57.4 Å². The number of phenols is 1. The van der Waals surface area contributed by atoms with E-state index in [0.717, 1.165) is 3.57 Å². The van der Waals surface area contributed by atoms with Crippen LogP contribution in [0.25, 0.3) is 0 Å². The van der Waals surface area contributed by atoms with E-state index in [4.69, 9.17) is 0 Å². The highest BCUT2D eigenvalue weighted by Crippen LogP contribution is 2.17. The second-order valence-electron chi connectivity index (χ2n) is 3.64. The van der Waals surface area contributed by atoms with E-state index in [1.165, 1.54) is 12.4 Å². The number of nitrogens with one attached hydrogen (secondary N) is 1. The van der Waals surface area contributed by atoms with Crippen LogP contribution in [0.15, 0.2) is 47.8 Å². The molecule has 0 aliphatic rings. The summed E-state index contributed by atoms with van der Waals surface area (Å²) in [4.78, 5) is 15.5. The Morgan fingerprint density at radius 2 is 2.26 bits per heavy atom. The van der Waals surface area contributed by atoms with Crippen LogP contribution in [-0.4, -0.2) is 22.2 Å². The number of aromatic hydroxyl groups is 1. The van der Waals surface area contributed by atoms with Gasteiger partial charge in [-0.2, -0.15) is 5.10 Å². The van der Waals surface area contributed by atoms with E-state index >= 15 is 0 Å². The molecule has 6 heteroatoms. The van der Waals surface area contributed by atoms with E-state index in [0.29, 0.717) is 11.1 Å². The molecule has 1 amide bonds. The first-order chi connectivity index (χ1) is 9.16. The topological polar surface area (TPSA) is 74.6 Å². The van der Waals surface area contributed by atoms with E-state index in [-0.39, 0.29) is 11.7 Å². The molecule has 0 saturated carbocycles. The summed E-state index contributed by atoms with van der Waals surface area (Å²) in [5.74, 6) is -0.241. The third-order valence-corrected chi connectivity index (χ3v) is 2.95. The number of hydrogen-bond acceptors (Lipinski definition) is 4. The summed E-state index contributed by atoms with van der Waals surface area (Å²) in [6.45, 7) is 0. The fourth-order valence-corrected chi connectivity index (χ4v) is 1.87. The molecule has 0 atom stereocenters. The molecule has 96 valence electrons. The van der Waals surface area contributed by atoms with Crippen molar-refractivity contribution < 1.29 is 9.90 Å². The molecule has 5 nitrogen and oxygen atoms in total. The first kappa shape index (κ1) is 13.5. The average molecular weight is 367 g/mol. The van der Waals surface area contributed by atoms with E-state index in [2.05, 4.69) is 38.1 Å². The fraction of sp³-hybridized carbons (Fsp3) is 0. The van der Waals surface area contributed by atoms with Gasteiger partial charge in [0.05, 0.1) is 11.8 Å². The molecule has 0 aliphatic heterocycles. The minimum atomic E-state index is -0.352. The van der Waals surface area contributed by atoms with Gasteiger partial charge < -0.3 is 5.11 Å². The Labute approximate surface area is 123 Å². The monoisotopic (exact) mass is 367 g/mol. The molecule has 2 rings (SSSR count). The maximum absolute atomic E-state index is 11.7. The molecule has 0 spiro atoms. The van der Waals surface area contributed by atoms with E-state index in [1.807, 2.05) is 0 Å². The van der Waals surface area contributed by atoms with Gasteiger partial charge in [-0.3, -0.25) is 9.78 Å². The molecule has 2 N–H and O–H groups in total. The molecule has 1 aromatic heterocycles. The lowest BCUT2D eigenvalue weighted by Crippen LogP contribution is -2.17. The Morgan fingerprint density at radius 1 is 1.42 bits per heavy atom. The summed E-state index contributed by atoms with van der Waals surface area (Å²) in [6.07, 6.45) is 4.43. The van der Waals surface area contributed by atoms with Crippen LogP contribution in [-0.2, 0) is 0 Å². The van der Waals surface area contributed by atoms with Crippen LogP contribution in [0.4, 0.5) is 0 Å². The largest absolute Gasteiger partial charge is 0.507 e. The Balaban J connectivity index is 2.04. The molecular weight excluding hydrogens is 357 g/mol. The number of nitrogens with zero attached hydrogens (tertiary/aromatic N) is 2. The Bertz CT molecular complexity index is 615. The predicted octanol–water partition coefficient (Wildman–Crippen LogP) is 2.16. The van der Waals surface area contributed by atoms with Gasteiger partial charge in [0, 0.05) is 21.5 Å². The zero-order valence-electron chi connectivity index (χ0n) is 9.75. The minimum Gasteiger partial charge on any atom is -0.507 e. The van der Waals surface area contributed by atoms with Crippen molar-refractivity contribution in [2.24, 2.45) is 5.10 Å². The molecule has 2 aromatic rings. The van der Waals surface area contributed by atoms with Gasteiger partial charge in [-0.1, -0.05) is 0 Å². The summed E-state index contributed by atoms with van der Waals surface area (Å²) in [5, 5.41) is 13.4. The molecule has 19 heavy (non-hydrogen) atoms. The Hall–Kier alpha value is -1.96. The lowest BCUT2D eigenvalue weighted by Gasteiger charge is -2.00. The molecule has 0 unspecified atom stereocenters. The summed E-state index contributed by atoms with van der Waals surface area (Å²) in [7, 11) is 0. The van der Waals surface area contributed by atoms with Crippen molar-refractivity contribution in [3.63, 3.8) is 0 Å². The molecule has 0 radical (unpaired) electrons. The first-order valence-electron chi connectivity index (χ1n) is 5.39. The predicted molar refractivity (Wildman–Crippen MR) is 80.1 cm³/mol. The lowest BCUT2D eigenvalue weighted by atomic mass is 10.2. The van der Waals surface area contributed by atoms with Gasteiger partial charge in [0.1, 0.15) is 5.75 Å². The quantitative estimate of drug-likeness (QED) is 0.496. The van der Waals surface area contributed by atoms with Crippen LogP contribution < -0.4 is 5.43 Å². The number of benzene rings is 1. The van der Waals surface area contributed by atoms with Crippen LogP contribution >= 0.6 is 22.6 Å². The maximum Gasteiger partial charge on any atom is 0.272 e. The van der Waals surface area contributed by atoms with Crippen LogP contribution in [0.5, 0.6) is 5.75 Å². The summed E-state index contributed by atoms with van der Waals surface area (Å²) >= 11 is 2.13. The van der Waals surface area contributed by atoms with Crippen molar-refractivity contribution in [1.82, 2.24) is 10.4 Å². The second-order valence-corrected chi connectivity index (χ2v) is 4.89. The molecule has 0 bridgehead atoms. The van der Waals surface area contributed by atoms with Crippen molar-refractivity contribution in [1.29, 1.82) is 0 Å². The third kappa shape index (κ3) is 3.75. The Kier molecular flexibility index (Phi) is 4.45. The minimum absolute atomic E-state index is 0.111. The number of carbonyl (C=O) groups is 1. The lowest BCUT2D eigenvalue weighted by molar-refractivity contribution is 0.0954. The second kappa shape index (κ2) is 6.28. The highest BCUT2D eigenvalue weighted by Gasteiger charge is 2.03. The summed E-state index contributed by atoms with van der Waals surface area (Å²) < 4.78 is 0.968. The van der Waals surface area contributed by atoms with Gasteiger partial charge in [-0.25, -0.2) is 5.43 Å². The van der Waals surface area contributed by atoms with Gasteiger partial charge >= 0.3 is 0 Å². The zero-order chi connectivity index (χ0) is 13.7. The van der Waals surface area contributed by atoms with E-state index in [1.54, 1.807) is 36.5 Å². The number of aromatic nitrogens is 1. The van der Waals surface area contributed by atoms with Crippen molar-refractivity contribution in [2.45, 2.75) is 0 Å². The Morgan fingerprint density at radius 3 is 3.00 bits per heavy atom. The number of pyridine rings is 1. The highest BCUT2D eigenvalue weighted by atomic mass is 127. The number of amides is 1. The summed E-state index contributed by atoms with van der Waals surface area (Å²) in [6, 6.07) is 8.42. The maximum atomic E-state index is 11.7. The zero-order valence-corrected chi connectivity index (χ0v) is 11.9. The average Bonchev–Trinajstić information content (AvgIpc) is 2.43. The number of hydrogen-bond donors (Lipinski definition) is 2. The van der Waals surface area contributed by atoms with Gasteiger partial charge in [-0.05, 0) is 52.9 Å². The van der Waals surface area contributed by atoms with Crippen molar-refractivity contribution >= 4 is 34.7 Å². The number of phenolic OH excluding ortho intramolecular Hbond substituents is 1. The number of carbonyl (C=O) groups excluding carboxylic acids is 1. The third-order valence-electron chi connectivity index (χ3n) is 2.28. The standard InChI is InChI=1S/C13H10IN3O2/c14-11-3-4-12(18)10(6-11)8-16-17-13(19)9-2-1-5-15-7-9/h1-8,18H,(H,17,19). The normalized spacial score (nSPS) is 10.6. The van der Waals surface area contributed by atoms with E-state index < -0.39 is 0 Å². The van der Waals surface area contributed by atoms with Crippen molar-refractivity contribution in [2.75, 3.05) is 0 Å². The van der Waals surface area contributed by atoms with Crippen LogP contribution in [0.1, 0.15) is 15.9 Å². The fourth-order valence-electron chi connectivity index (χ4n) is 1.35. The van der Waals surface area contributed by atoms with Crippen LogP contribution in [0.2, 0.25) is 0 Å². The van der Waals surface area contributed by atoms with Gasteiger partial charge in [-0.15, -0.1) is 0 Å². The summed E-state index contributed by atoms with van der Waals surface area (Å²) in [5.41, 5.74) is 3.33.